The van der Waals surface area contributed by atoms with Crippen molar-refractivity contribution in [3.05, 3.63) is 282 Å². The number of benzene rings is 10. The lowest BCUT2D eigenvalue weighted by Crippen LogP contribution is -2.30. The van der Waals surface area contributed by atoms with Crippen LogP contribution in [0.15, 0.2) is 249 Å². The Morgan fingerprint density at radius 2 is 0.761 bits per heavy atom. The number of aryl methyl sites for hydroxylation is 1. The molecule has 0 bridgehead atoms. The van der Waals surface area contributed by atoms with Crippen LogP contribution in [0.5, 0.6) is 34.5 Å². The monoisotopic (exact) mass is 1610 g/mol. The topological polar surface area (TPSA) is 262 Å². The van der Waals surface area contributed by atoms with Gasteiger partial charge in [0.2, 0.25) is 23.6 Å². The van der Waals surface area contributed by atoms with E-state index < -0.39 is 43.1 Å². The summed E-state index contributed by atoms with van der Waals surface area (Å²) in [6.07, 6.45) is 10.0. The van der Waals surface area contributed by atoms with Crippen LogP contribution in [-0.2, 0) is 28.5 Å². The molecule has 15 rings (SSSR count). The minimum Gasteiger partial charge on any atom is -0.436 e. The molecular formula is C96H116N3O17P. The number of hydrogen-bond acceptors (Lipinski definition) is 17. The second-order valence-corrected chi connectivity index (χ2v) is 27.2. The van der Waals surface area contributed by atoms with Gasteiger partial charge >= 0.3 is 37.2 Å². The summed E-state index contributed by atoms with van der Waals surface area (Å²) in [5, 5.41) is 5.06. The van der Waals surface area contributed by atoms with E-state index in [4.69, 9.17) is 28.2 Å². The lowest BCUT2D eigenvalue weighted by atomic mass is 9.85. The fourth-order valence-electron chi connectivity index (χ4n) is 13.1. The van der Waals surface area contributed by atoms with Gasteiger partial charge < -0.3 is 33.5 Å². The predicted octanol–water partition coefficient (Wildman–Crippen LogP) is 23.0. The van der Waals surface area contributed by atoms with Gasteiger partial charge in [-0.3, -0.25) is 43.1 Å². The van der Waals surface area contributed by atoms with Gasteiger partial charge in [0.15, 0.2) is 0 Å². The smallest absolute Gasteiger partial charge is 0.343 e. The molecule has 0 radical (unpaired) electrons. The number of allylic oxidation sites excluding steroid dienone is 4. The molecule has 20 nitrogen and oxygen atoms in total. The molecule has 622 valence electrons. The van der Waals surface area contributed by atoms with Gasteiger partial charge in [0.1, 0.15) is 34.5 Å². The van der Waals surface area contributed by atoms with Crippen molar-refractivity contribution >= 4 is 105 Å². The zero-order chi connectivity index (χ0) is 71.6. The van der Waals surface area contributed by atoms with Crippen LogP contribution in [-0.4, -0.2) is 59.4 Å². The Balaban J connectivity index is 0.00000256. The normalized spacial score (nSPS) is 16.0. The summed E-state index contributed by atoms with van der Waals surface area (Å²) in [6.45, 7) is 3.28. The molecule has 21 heteroatoms. The molecule has 1 N–H and O–H groups in total. The lowest BCUT2D eigenvalue weighted by molar-refractivity contribution is -0.132. The van der Waals surface area contributed by atoms with Crippen LogP contribution in [0.3, 0.4) is 0 Å². The molecule has 10 aromatic rings. The van der Waals surface area contributed by atoms with Gasteiger partial charge in [0.25, 0.3) is 5.91 Å². The summed E-state index contributed by atoms with van der Waals surface area (Å²) in [5.74, 6) is -5.20. The van der Waals surface area contributed by atoms with Crippen molar-refractivity contribution in [3.8, 4) is 45.6 Å². The van der Waals surface area contributed by atoms with Crippen LogP contribution >= 0.6 is 7.37 Å². The van der Waals surface area contributed by atoms with Gasteiger partial charge in [-0.1, -0.05) is 201 Å². The highest BCUT2D eigenvalue weighted by Gasteiger charge is 2.49. The van der Waals surface area contributed by atoms with Crippen LogP contribution in [0.1, 0.15) is 194 Å². The summed E-state index contributed by atoms with van der Waals surface area (Å²) < 4.78 is 49.6. The highest BCUT2D eigenvalue weighted by molar-refractivity contribution is 7.75. The average molecular weight is 1610 g/mol. The zero-order valence-corrected chi connectivity index (χ0v) is 56.0. The van der Waals surface area contributed by atoms with E-state index in [0.29, 0.717) is 76.2 Å². The van der Waals surface area contributed by atoms with E-state index in [9.17, 15) is 47.9 Å². The van der Waals surface area contributed by atoms with Crippen molar-refractivity contribution in [1.82, 2.24) is 0 Å². The molecule has 3 aliphatic heterocycles. The number of rotatable bonds is 14. The number of hydrogen-bond donors (Lipinski definition) is 1. The molecule has 5 aliphatic rings. The van der Waals surface area contributed by atoms with Crippen LogP contribution in [0.25, 0.3) is 21.9 Å². The molecule has 0 aromatic heterocycles. The fraction of sp³-hybridized carbons (Fsp3) is 0.250. The molecule has 5 atom stereocenters. The number of imide groups is 2. The zero-order valence-electron chi connectivity index (χ0n) is 55.1. The maximum atomic E-state index is 15.5. The molecule has 2 aliphatic carbocycles. The quantitative estimate of drug-likeness (QED) is 0.0349. The van der Waals surface area contributed by atoms with Crippen molar-refractivity contribution < 1.29 is 80.7 Å². The minimum atomic E-state index is -4.18. The van der Waals surface area contributed by atoms with Gasteiger partial charge in [0, 0.05) is 23.7 Å². The number of esters is 5. The van der Waals surface area contributed by atoms with Crippen LogP contribution in [0.4, 0.5) is 17.1 Å². The number of carbonyl (C=O) groups excluding carboxylic acids is 10. The Labute approximate surface area is 692 Å². The first-order valence-corrected chi connectivity index (χ1v) is 34.5. The van der Waals surface area contributed by atoms with Gasteiger partial charge in [0.05, 0.1) is 67.9 Å². The molecule has 0 spiro atoms. The van der Waals surface area contributed by atoms with Crippen molar-refractivity contribution in [3.63, 3.8) is 0 Å². The number of carbonyl (C=O) groups is 10. The van der Waals surface area contributed by atoms with E-state index in [-0.39, 0.29) is 202 Å². The Kier molecular flexibility index (Phi) is 39.2. The number of amides is 5. The molecular weight excluding hydrogens is 1500 g/mol. The lowest BCUT2D eigenvalue weighted by Gasteiger charge is -2.29. The largest absolute Gasteiger partial charge is 0.436 e. The summed E-state index contributed by atoms with van der Waals surface area (Å²) >= 11 is 0. The first-order valence-electron chi connectivity index (χ1n) is 32.9. The third kappa shape index (κ3) is 21.5. The second-order valence-electron chi connectivity index (χ2n) is 25.0. The number of fused-ring (bicyclic) bond motifs is 6. The molecule has 2 fully saturated rings. The summed E-state index contributed by atoms with van der Waals surface area (Å²) in [6, 6.07) is 59.5. The maximum absolute atomic E-state index is 15.5. The number of anilines is 3. The molecule has 3 heterocycles. The molecule has 117 heavy (non-hydrogen) atoms. The minimum absolute atomic E-state index is 0. The third-order valence-corrected chi connectivity index (χ3v) is 20.7. The fourth-order valence-corrected chi connectivity index (χ4v) is 15.5. The molecule has 10 aromatic carbocycles. The Morgan fingerprint density at radius 1 is 0.368 bits per heavy atom. The van der Waals surface area contributed by atoms with Gasteiger partial charge in [-0.15, -0.1) is 0 Å². The Morgan fingerprint density at radius 3 is 1.27 bits per heavy atom. The standard InChI is InChI=1S/C56H39N2O13P.C26H21NO4.14CH4/c1-33(59)67-40-25-19-35(20-26-40)54(63)69-42-29-30-48(50(32-42)72(66)49-16-7-5-12-44(49)43-11-4-6-15-47(43)71-72)70-56(65)37-10-8-9-36(31-37)55(64)68-41-27-21-38(22-28-41)57-51(60)34-17-23-39(24-18-34)58-52(61)45-13-2-3-14-46(45)53(58)62;1-16-6-7-19-15-21(13-10-18(19)14-16)31-26(30)17-8-11-20(12-9-17)27-24(28)22-4-2-3-5-23(22)25(27)29;;;;;;;;;;;;;;/h2-12,15-32,45-46H,13-14H2,1H3,(H,57,60);2-3,6-15,22-23H,4-5H2,1H3;14*1H4. The highest BCUT2D eigenvalue weighted by atomic mass is 31.2. The number of ether oxygens (including phenoxy) is 5. The number of nitrogens with zero attached hydrogens (tertiary/aromatic N) is 2. The van der Waals surface area contributed by atoms with E-state index in [0.717, 1.165) is 10.8 Å². The van der Waals surface area contributed by atoms with Gasteiger partial charge in [-0.05, 0) is 207 Å². The SMILES string of the molecule is C.C.C.C.C.C.C.C.C.C.C.C.C.C.CC(=O)Oc1ccc(C(=O)Oc2ccc(OC(=O)c3cccc(C(=O)Oc4ccc(NC(=O)c5ccc(N6C(=O)C7CC=CCC7C6=O)cc5)cc4)c3)c(P3(=O)Oc4ccccc4-c4ccccc43)c2)cc1.Cc1ccc2cc(OC(=O)c3ccc(N4C(=O)C5CC=CCC5C4=O)cc3)ccc2c1. The summed E-state index contributed by atoms with van der Waals surface area (Å²) in [7, 11) is -4.18. The van der Waals surface area contributed by atoms with Crippen molar-refractivity contribution in [2.24, 2.45) is 23.7 Å². The summed E-state index contributed by atoms with van der Waals surface area (Å²) in [4.78, 5) is 132. The first kappa shape index (κ1) is 104. The van der Waals surface area contributed by atoms with Crippen molar-refractivity contribution in [2.45, 2.75) is 144 Å². The third-order valence-electron chi connectivity index (χ3n) is 18.2. The van der Waals surface area contributed by atoms with E-state index in [1.807, 2.05) is 67.6 Å². The van der Waals surface area contributed by atoms with E-state index in [1.54, 1.807) is 78.9 Å². The van der Waals surface area contributed by atoms with Gasteiger partial charge in [-0.25, -0.2) is 19.2 Å². The van der Waals surface area contributed by atoms with Crippen molar-refractivity contribution in [2.75, 3.05) is 15.1 Å². The highest BCUT2D eigenvalue weighted by Crippen LogP contribution is 2.56. The molecule has 0 saturated carbocycles. The van der Waals surface area contributed by atoms with Crippen LogP contribution < -0.4 is 53.9 Å². The number of para-hydroxylation sites is 1. The molecule has 5 unspecified atom stereocenters. The molecule has 2 saturated heterocycles. The molecule has 5 amide bonds. The van der Waals surface area contributed by atoms with E-state index in [1.165, 1.54) is 125 Å². The average Bonchev–Trinajstić information content (AvgIpc) is 1.65. The van der Waals surface area contributed by atoms with E-state index >= 15 is 4.57 Å². The summed E-state index contributed by atoms with van der Waals surface area (Å²) in [5.41, 5.74) is 4.46. The second kappa shape index (κ2) is 44.1. The van der Waals surface area contributed by atoms with Crippen molar-refractivity contribution in [1.29, 1.82) is 0 Å². The Bertz CT molecular complexity index is 5230. The van der Waals surface area contributed by atoms with Gasteiger partial charge in [-0.2, -0.15) is 0 Å². The van der Waals surface area contributed by atoms with Crippen LogP contribution in [0.2, 0.25) is 0 Å². The van der Waals surface area contributed by atoms with Crippen LogP contribution in [0, 0.1) is 30.6 Å². The first-order chi connectivity index (χ1) is 49.8. The number of nitrogens with one attached hydrogen (secondary N) is 1. The predicted molar refractivity (Wildman–Crippen MR) is 476 cm³/mol. The maximum Gasteiger partial charge on any atom is 0.343 e. The van der Waals surface area contributed by atoms with E-state index in [2.05, 4.69) is 11.4 Å². The Hall–Kier alpha value is -12.9.